The van der Waals surface area contributed by atoms with E-state index in [1.807, 2.05) is 20.8 Å². The van der Waals surface area contributed by atoms with Crippen LogP contribution in [0.3, 0.4) is 0 Å². The number of hydrogen-bond acceptors (Lipinski definition) is 9. The lowest BCUT2D eigenvalue weighted by Gasteiger charge is -2.46. The molecule has 0 aliphatic carbocycles. The number of ether oxygens (including phenoxy) is 5. The fraction of sp³-hybridized carbons (Fsp3) is 0.789. The van der Waals surface area contributed by atoms with Crippen LogP contribution >= 0.6 is 0 Å². The Kier molecular flexibility index (Phi) is 9.03. The summed E-state index contributed by atoms with van der Waals surface area (Å²) in [5.41, 5.74) is -0.636. The van der Waals surface area contributed by atoms with E-state index >= 15 is 0 Å². The van der Waals surface area contributed by atoms with Gasteiger partial charge in [0, 0.05) is 27.7 Å². The molecule has 1 N–H and O–H groups in total. The molecule has 0 bridgehead atoms. The highest BCUT2D eigenvalue weighted by Gasteiger charge is 2.52. The minimum atomic E-state index is -1.13. The zero-order valence-corrected chi connectivity index (χ0v) is 18.0. The second kappa shape index (κ2) is 10.5. The average molecular weight is 417 g/mol. The van der Waals surface area contributed by atoms with Gasteiger partial charge < -0.3 is 29.0 Å². The lowest BCUT2D eigenvalue weighted by atomic mass is 9.95. The van der Waals surface area contributed by atoms with Crippen molar-refractivity contribution in [3.8, 4) is 0 Å². The second-order valence-electron chi connectivity index (χ2n) is 7.45. The number of amides is 1. The van der Waals surface area contributed by atoms with E-state index in [1.54, 1.807) is 0 Å². The molecule has 0 aromatic rings. The van der Waals surface area contributed by atoms with Crippen LogP contribution in [0.15, 0.2) is 0 Å². The first-order valence-electron chi connectivity index (χ1n) is 9.44. The zero-order chi connectivity index (χ0) is 22.4. The predicted octanol–water partition coefficient (Wildman–Crippen LogP) is 0.848. The minimum Gasteiger partial charge on any atom is -0.463 e. The van der Waals surface area contributed by atoms with Crippen molar-refractivity contribution in [2.75, 3.05) is 6.61 Å². The van der Waals surface area contributed by atoms with Gasteiger partial charge in [-0.25, -0.2) is 0 Å². The van der Waals surface area contributed by atoms with Crippen LogP contribution in [0, 0.1) is 0 Å². The molecule has 1 aliphatic rings. The largest absolute Gasteiger partial charge is 0.463 e. The van der Waals surface area contributed by atoms with Crippen LogP contribution in [-0.4, -0.2) is 66.7 Å². The molecule has 10 nitrogen and oxygen atoms in total. The minimum absolute atomic E-state index is 0.260. The van der Waals surface area contributed by atoms with Crippen LogP contribution in [-0.2, 0) is 42.9 Å². The van der Waals surface area contributed by atoms with Gasteiger partial charge in [-0.15, -0.1) is 0 Å². The number of nitrogens with one attached hydrogen (secondary N) is 1. The summed E-state index contributed by atoms with van der Waals surface area (Å²) in [6.45, 7) is 10.2. The van der Waals surface area contributed by atoms with Crippen molar-refractivity contribution in [3.05, 3.63) is 0 Å². The smallest absolute Gasteiger partial charge is 0.303 e. The van der Waals surface area contributed by atoms with Crippen molar-refractivity contribution in [2.24, 2.45) is 0 Å². The summed E-state index contributed by atoms with van der Waals surface area (Å²) in [6, 6.07) is -0.958. The molecule has 29 heavy (non-hydrogen) atoms. The molecule has 1 saturated heterocycles. The van der Waals surface area contributed by atoms with E-state index in [0.29, 0.717) is 6.42 Å². The summed E-state index contributed by atoms with van der Waals surface area (Å²) in [7, 11) is 0. The number of hydrogen-bond donors (Lipinski definition) is 1. The molecule has 10 heteroatoms. The van der Waals surface area contributed by atoms with E-state index in [1.165, 1.54) is 27.7 Å². The van der Waals surface area contributed by atoms with Crippen molar-refractivity contribution in [3.63, 3.8) is 0 Å². The Hall–Kier alpha value is -2.20. The summed E-state index contributed by atoms with van der Waals surface area (Å²) in [4.78, 5) is 46.5. The number of carbonyl (C=O) groups excluding carboxylic acids is 4. The fourth-order valence-electron chi connectivity index (χ4n) is 2.79. The van der Waals surface area contributed by atoms with E-state index in [4.69, 9.17) is 23.7 Å². The monoisotopic (exact) mass is 417 g/mol. The number of carbonyl (C=O) groups is 4. The molecule has 0 spiro atoms. The normalized spacial score (nSPS) is 26.9. The van der Waals surface area contributed by atoms with Crippen molar-refractivity contribution >= 4 is 23.8 Å². The SMILES string of the molecule is CCC(C)(C)O[C@@H]1O[C@H](COC(C)=O)[C@@H](OC(C)=O)[C@H](OC(C)=O)[C@H]1NC(C)=O. The molecule has 1 rings (SSSR count). The topological polar surface area (TPSA) is 126 Å². The Balaban J connectivity index is 3.35. The van der Waals surface area contributed by atoms with Crippen molar-refractivity contribution in [1.29, 1.82) is 0 Å². The van der Waals surface area contributed by atoms with Crippen LogP contribution in [0.1, 0.15) is 54.9 Å². The quantitative estimate of drug-likeness (QED) is 0.452. The third-order valence-corrected chi connectivity index (χ3v) is 4.36. The maximum absolute atomic E-state index is 11.8. The first-order valence-corrected chi connectivity index (χ1v) is 9.44. The highest BCUT2D eigenvalue weighted by Crippen LogP contribution is 2.31. The zero-order valence-electron chi connectivity index (χ0n) is 18.0. The van der Waals surface area contributed by atoms with Gasteiger partial charge in [0.15, 0.2) is 18.5 Å². The van der Waals surface area contributed by atoms with Crippen molar-refractivity contribution in [2.45, 2.75) is 91.1 Å². The molecule has 1 fully saturated rings. The maximum Gasteiger partial charge on any atom is 0.303 e. The molecule has 166 valence electrons. The molecular weight excluding hydrogens is 386 g/mol. The molecule has 0 aromatic heterocycles. The third-order valence-electron chi connectivity index (χ3n) is 4.36. The van der Waals surface area contributed by atoms with E-state index in [0.717, 1.165) is 0 Å². The van der Waals surface area contributed by atoms with E-state index in [9.17, 15) is 19.2 Å². The molecule has 1 amide bonds. The molecular formula is C19H31NO9. The van der Waals surface area contributed by atoms with Crippen molar-refractivity contribution in [1.82, 2.24) is 5.32 Å². The Morgan fingerprint density at radius 1 is 0.931 bits per heavy atom. The number of rotatable bonds is 8. The van der Waals surface area contributed by atoms with E-state index in [-0.39, 0.29) is 6.61 Å². The lowest BCUT2D eigenvalue weighted by Crippen LogP contribution is -2.67. The number of esters is 3. The first-order chi connectivity index (χ1) is 13.4. The fourth-order valence-corrected chi connectivity index (χ4v) is 2.79. The van der Waals surface area contributed by atoms with E-state index in [2.05, 4.69) is 5.32 Å². The summed E-state index contributed by atoms with van der Waals surface area (Å²) in [5.74, 6) is -2.28. The molecule has 0 radical (unpaired) electrons. The predicted molar refractivity (Wildman–Crippen MR) is 99.5 cm³/mol. The Morgan fingerprint density at radius 2 is 1.48 bits per heavy atom. The van der Waals surface area contributed by atoms with Gasteiger partial charge in [0.1, 0.15) is 18.8 Å². The second-order valence-corrected chi connectivity index (χ2v) is 7.45. The first kappa shape index (κ1) is 24.8. The molecule has 5 atom stereocenters. The van der Waals surface area contributed by atoms with Gasteiger partial charge in [-0.2, -0.15) is 0 Å². The third kappa shape index (κ3) is 7.98. The Bertz CT molecular complexity index is 619. The molecule has 1 aliphatic heterocycles. The van der Waals surface area contributed by atoms with Gasteiger partial charge in [0.2, 0.25) is 5.91 Å². The van der Waals surface area contributed by atoms with Crippen molar-refractivity contribution < 1.29 is 42.9 Å². The average Bonchev–Trinajstić information content (AvgIpc) is 2.57. The highest BCUT2D eigenvalue weighted by atomic mass is 16.7. The summed E-state index contributed by atoms with van der Waals surface area (Å²) in [6.07, 6.45) is -3.65. The maximum atomic E-state index is 11.8. The van der Waals surface area contributed by atoms with Crippen LogP contribution in [0.4, 0.5) is 0 Å². The van der Waals surface area contributed by atoms with Gasteiger partial charge >= 0.3 is 17.9 Å². The van der Waals surface area contributed by atoms with Gasteiger partial charge in [-0.3, -0.25) is 19.2 Å². The van der Waals surface area contributed by atoms with Crippen LogP contribution in [0.2, 0.25) is 0 Å². The van der Waals surface area contributed by atoms with E-state index < -0.39 is 60.1 Å². The Morgan fingerprint density at radius 3 is 1.93 bits per heavy atom. The van der Waals surface area contributed by atoms with Crippen LogP contribution in [0.5, 0.6) is 0 Å². The van der Waals surface area contributed by atoms with Gasteiger partial charge in [-0.1, -0.05) is 6.92 Å². The molecule has 1 heterocycles. The standard InChI is InChI=1S/C19H31NO9/c1-8-19(6,7)29-18-15(20-10(2)21)17(27-13(5)24)16(26-12(4)23)14(28-18)9-25-11(3)22/h14-18H,8-9H2,1-7H3,(H,20,21)/t14-,15-,16-,17-,18+/m1/s1. The Labute approximate surface area is 170 Å². The van der Waals surface area contributed by atoms with Crippen LogP contribution in [0.25, 0.3) is 0 Å². The van der Waals surface area contributed by atoms with Gasteiger partial charge in [0.05, 0.1) is 5.60 Å². The van der Waals surface area contributed by atoms with Gasteiger partial charge in [-0.05, 0) is 20.3 Å². The lowest BCUT2D eigenvalue weighted by molar-refractivity contribution is -0.299. The molecule has 0 saturated carbocycles. The summed E-state index contributed by atoms with van der Waals surface area (Å²) in [5, 5.41) is 2.66. The summed E-state index contributed by atoms with van der Waals surface area (Å²) >= 11 is 0. The molecule has 0 unspecified atom stereocenters. The highest BCUT2D eigenvalue weighted by molar-refractivity contribution is 5.73. The molecule has 0 aromatic carbocycles. The summed E-state index contributed by atoms with van der Waals surface area (Å²) < 4.78 is 27.7. The van der Waals surface area contributed by atoms with Gasteiger partial charge in [0.25, 0.3) is 0 Å². The van der Waals surface area contributed by atoms with Crippen LogP contribution < -0.4 is 5.32 Å².